The highest BCUT2D eigenvalue weighted by Crippen LogP contribution is 2.41. The van der Waals surface area contributed by atoms with Gasteiger partial charge in [0.1, 0.15) is 9.94 Å². The van der Waals surface area contributed by atoms with Gasteiger partial charge in [0.2, 0.25) is 0 Å². The monoisotopic (exact) mass is 372 g/mol. The van der Waals surface area contributed by atoms with E-state index in [1.165, 1.54) is 11.3 Å². The lowest BCUT2D eigenvalue weighted by Gasteiger charge is -2.13. The van der Waals surface area contributed by atoms with Crippen LogP contribution in [0.2, 0.25) is 0 Å². The first kappa shape index (κ1) is 15.4. The Morgan fingerprint density at radius 2 is 1.67 bits per heavy atom. The Bertz CT molecular complexity index is 965. The van der Waals surface area contributed by atoms with Crippen molar-refractivity contribution in [3.63, 3.8) is 0 Å². The van der Waals surface area contributed by atoms with E-state index in [4.69, 9.17) is 11.6 Å². The molecule has 0 radical (unpaired) electrons. The van der Waals surface area contributed by atoms with Gasteiger partial charge in [0.25, 0.3) is 11.8 Å². The number of amides is 2. The highest BCUT2D eigenvalue weighted by atomic mass is 35.5. The summed E-state index contributed by atoms with van der Waals surface area (Å²) in [5.41, 5.74) is 1.36. The summed E-state index contributed by atoms with van der Waals surface area (Å²) in [6, 6.07) is 16.5. The van der Waals surface area contributed by atoms with E-state index in [1.54, 1.807) is 24.3 Å². The van der Waals surface area contributed by atoms with Crippen LogP contribution in [0, 0.1) is 0 Å². The van der Waals surface area contributed by atoms with Gasteiger partial charge in [-0.15, -0.1) is 11.3 Å². The predicted octanol–water partition coefficient (Wildman–Crippen LogP) is 4.41. The average Bonchev–Trinajstić information content (AvgIpc) is 3.10. The van der Waals surface area contributed by atoms with Crippen LogP contribution in [-0.2, 0) is 9.59 Å². The van der Waals surface area contributed by atoms with E-state index in [0.29, 0.717) is 10.0 Å². The highest BCUT2D eigenvalue weighted by molar-refractivity contribution is 8.05. The first-order valence-corrected chi connectivity index (χ1v) is 9.03. The van der Waals surface area contributed by atoms with E-state index in [9.17, 15) is 9.59 Å². The van der Waals surface area contributed by atoms with Crippen molar-refractivity contribution in [3.05, 3.63) is 64.5 Å². The lowest BCUT2D eigenvalue weighted by atomic mass is 10.3. The molecule has 7 heteroatoms. The number of imide groups is 1. The van der Waals surface area contributed by atoms with Gasteiger partial charge < -0.3 is 0 Å². The van der Waals surface area contributed by atoms with Crippen molar-refractivity contribution in [3.8, 4) is 0 Å². The average molecular weight is 373 g/mol. The number of carbonyl (C=O) groups excluding carboxylic acids is 2. The van der Waals surface area contributed by atoms with E-state index in [-0.39, 0.29) is 9.94 Å². The van der Waals surface area contributed by atoms with E-state index in [2.05, 4.69) is 4.98 Å². The summed E-state index contributed by atoms with van der Waals surface area (Å²) in [7, 11) is 0. The second-order valence-corrected chi connectivity index (χ2v) is 7.64. The Morgan fingerprint density at radius 1 is 0.958 bits per heavy atom. The summed E-state index contributed by atoms with van der Waals surface area (Å²) in [4.78, 5) is 30.8. The molecule has 0 N–H and O–H groups in total. The lowest BCUT2D eigenvalue weighted by Crippen LogP contribution is -2.30. The van der Waals surface area contributed by atoms with Crippen LogP contribution in [0.1, 0.15) is 0 Å². The molecule has 0 unspecified atom stereocenters. The Hall–Kier alpha value is -2.15. The summed E-state index contributed by atoms with van der Waals surface area (Å²) in [6.07, 6.45) is 0. The van der Waals surface area contributed by atoms with Gasteiger partial charge in [-0.3, -0.25) is 9.59 Å². The van der Waals surface area contributed by atoms with Gasteiger partial charge in [0.05, 0.1) is 15.9 Å². The number of rotatable bonds is 3. The number of thioether (sulfide) groups is 1. The van der Waals surface area contributed by atoms with Gasteiger partial charge in [0.15, 0.2) is 4.34 Å². The Morgan fingerprint density at radius 3 is 2.42 bits per heavy atom. The summed E-state index contributed by atoms with van der Waals surface area (Å²) in [5, 5.41) is -0.0619. The van der Waals surface area contributed by atoms with Crippen molar-refractivity contribution in [1.29, 1.82) is 0 Å². The van der Waals surface area contributed by atoms with Gasteiger partial charge >= 0.3 is 0 Å². The lowest BCUT2D eigenvalue weighted by molar-refractivity contribution is -0.120. The van der Waals surface area contributed by atoms with E-state index in [1.807, 2.05) is 30.3 Å². The van der Waals surface area contributed by atoms with E-state index < -0.39 is 11.8 Å². The summed E-state index contributed by atoms with van der Waals surface area (Å²) < 4.78 is 1.70. The minimum atomic E-state index is -0.503. The topological polar surface area (TPSA) is 50.3 Å². The molecule has 1 aromatic heterocycles. The molecule has 0 bridgehead atoms. The number of hydrogen-bond acceptors (Lipinski definition) is 5. The molecule has 24 heavy (non-hydrogen) atoms. The summed E-state index contributed by atoms with van der Waals surface area (Å²) in [6.45, 7) is 0. The number of para-hydroxylation sites is 2. The van der Waals surface area contributed by atoms with Gasteiger partial charge in [-0.25, -0.2) is 9.88 Å². The highest BCUT2D eigenvalue weighted by Gasteiger charge is 2.39. The van der Waals surface area contributed by atoms with Gasteiger partial charge in [-0.1, -0.05) is 53.7 Å². The van der Waals surface area contributed by atoms with Crippen LogP contribution in [0.25, 0.3) is 10.2 Å². The number of fused-ring (bicyclic) bond motifs is 1. The van der Waals surface area contributed by atoms with Crippen LogP contribution in [-0.4, -0.2) is 16.8 Å². The van der Waals surface area contributed by atoms with Crippen LogP contribution < -0.4 is 4.90 Å². The molecule has 1 aliphatic heterocycles. The van der Waals surface area contributed by atoms with Crippen LogP contribution in [0.5, 0.6) is 0 Å². The fourth-order valence-corrected chi connectivity index (χ4v) is 4.70. The first-order valence-electron chi connectivity index (χ1n) is 7.02. The zero-order valence-electron chi connectivity index (χ0n) is 12.1. The Balaban J connectivity index is 1.67. The largest absolute Gasteiger partial charge is 0.278 e. The predicted molar refractivity (Wildman–Crippen MR) is 97.3 cm³/mol. The SMILES string of the molecule is O=C1C(Cl)=C(Sc2nc3ccccc3s2)C(=O)N1c1ccccc1. The second-order valence-electron chi connectivity index (χ2n) is 4.97. The molecule has 0 saturated heterocycles. The quantitative estimate of drug-likeness (QED) is 0.639. The molecular formula is C17H9ClN2O2S2. The zero-order chi connectivity index (χ0) is 16.7. The number of hydrogen-bond donors (Lipinski definition) is 0. The zero-order valence-corrected chi connectivity index (χ0v) is 14.5. The molecule has 4 nitrogen and oxygen atoms in total. The maximum absolute atomic E-state index is 12.7. The van der Waals surface area contributed by atoms with Crippen LogP contribution >= 0.6 is 34.7 Å². The number of aromatic nitrogens is 1. The number of halogens is 1. The Kier molecular flexibility index (Phi) is 3.88. The molecule has 0 atom stereocenters. The number of benzene rings is 2. The van der Waals surface area contributed by atoms with Crippen molar-refractivity contribution in [2.24, 2.45) is 0 Å². The van der Waals surface area contributed by atoms with Crippen LogP contribution in [0.4, 0.5) is 5.69 Å². The van der Waals surface area contributed by atoms with Gasteiger partial charge in [-0.2, -0.15) is 0 Å². The van der Waals surface area contributed by atoms with Crippen molar-refractivity contribution < 1.29 is 9.59 Å². The van der Waals surface area contributed by atoms with Crippen molar-refractivity contribution in [1.82, 2.24) is 4.98 Å². The molecular weight excluding hydrogens is 364 g/mol. The van der Waals surface area contributed by atoms with Crippen molar-refractivity contribution in [2.45, 2.75) is 4.34 Å². The van der Waals surface area contributed by atoms with Crippen LogP contribution in [0.15, 0.2) is 68.9 Å². The maximum atomic E-state index is 12.7. The normalized spacial score (nSPS) is 15.0. The number of nitrogens with zero attached hydrogens (tertiary/aromatic N) is 2. The third-order valence-electron chi connectivity index (χ3n) is 3.47. The molecule has 0 spiro atoms. The molecule has 0 saturated carbocycles. The van der Waals surface area contributed by atoms with Crippen molar-refractivity contribution in [2.75, 3.05) is 4.90 Å². The second kappa shape index (κ2) is 6.05. The molecule has 4 rings (SSSR count). The Labute approximate surface area is 150 Å². The minimum Gasteiger partial charge on any atom is -0.268 e. The van der Waals surface area contributed by atoms with E-state index in [0.717, 1.165) is 26.9 Å². The van der Waals surface area contributed by atoms with E-state index >= 15 is 0 Å². The minimum absolute atomic E-state index is 0.0619. The standard InChI is InChI=1S/C17H9ClN2O2S2/c18-13-14(24-17-19-11-8-4-5-9-12(11)23-17)16(22)20(15(13)21)10-6-2-1-3-7-10/h1-9H. The number of carbonyl (C=O) groups is 2. The fraction of sp³-hybridized carbons (Fsp3) is 0. The van der Waals surface area contributed by atoms with Crippen LogP contribution in [0.3, 0.4) is 0 Å². The van der Waals surface area contributed by atoms with Gasteiger partial charge in [0, 0.05) is 0 Å². The molecule has 2 aromatic carbocycles. The molecule has 0 aliphatic carbocycles. The molecule has 0 fully saturated rings. The third-order valence-corrected chi connectivity index (χ3v) is 6.11. The number of thiazole rings is 1. The number of anilines is 1. The van der Waals surface area contributed by atoms with Crippen molar-refractivity contribution >= 4 is 62.4 Å². The smallest absolute Gasteiger partial charge is 0.268 e. The first-order chi connectivity index (χ1) is 11.6. The molecule has 1 aliphatic rings. The molecule has 3 aromatic rings. The fourth-order valence-electron chi connectivity index (χ4n) is 2.37. The van der Waals surface area contributed by atoms with Gasteiger partial charge in [-0.05, 0) is 24.3 Å². The molecule has 2 heterocycles. The summed E-state index contributed by atoms with van der Waals surface area (Å²) in [5.74, 6) is -0.920. The maximum Gasteiger partial charge on any atom is 0.278 e. The third kappa shape index (κ3) is 2.53. The summed E-state index contributed by atoms with van der Waals surface area (Å²) >= 11 is 8.74. The molecule has 118 valence electrons. The molecule has 2 amide bonds.